The lowest BCUT2D eigenvalue weighted by atomic mass is 10.2. The third-order valence-corrected chi connectivity index (χ3v) is 3.56. The minimum absolute atomic E-state index is 0.0806. The van der Waals surface area contributed by atoms with E-state index in [0.29, 0.717) is 5.02 Å². The number of anilines is 1. The van der Waals surface area contributed by atoms with Gasteiger partial charge >= 0.3 is 5.97 Å². The second-order valence-electron chi connectivity index (χ2n) is 3.19. The highest BCUT2D eigenvalue weighted by Gasteiger charge is 2.16. The van der Waals surface area contributed by atoms with Gasteiger partial charge in [-0.25, -0.2) is 13.2 Å². The number of hydrogen-bond donors (Lipinski definition) is 1. The molecule has 0 spiro atoms. The third kappa shape index (κ3) is 3.61. The summed E-state index contributed by atoms with van der Waals surface area (Å²) in [7, 11) is -2.24. The smallest absolute Gasteiger partial charge is 0.340 e. The first-order valence-corrected chi connectivity index (χ1v) is 6.81. The topological polar surface area (TPSA) is 72.5 Å². The Morgan fingerprint density at radius 2 is 2.12 bits per heavy atom. The third-order valence-electron chi connectivity index (χ3n) is 2.03. The normalized spacial score (nSPS) is 11.0. The standard InChI is InChI=1S/C10H12ClNO4S/c1-3-17(14,15)12-9-5-4-7(11)6-8(9)10(13)16-2/h4-6,12H,3H2,1-2H3. The number of ether oxygens (including phenoxy) is 1. The SMILES string of the molecule is CCS(=O)(=O)Nc1ccc(Cl)cc1C(=O)OC. The van der Waals surface area contributed by atoms with E-state index in [-0.39, 0.29) is 17.0 Å². The number of esters is 1. The van der Waals surface area contributed by atoms with Gasteiger partial charge in [-0.3, -0.25) is 4.72 Å². The summed E-state index contributed by atoms with van der Waals surface area (Å²) in [6.07, 6.45) is 0. The van der Waals surface area contributed by atoms with Crippen molar-refractivity contribution in [1.29, 1.82) is 0 Å². The molecule has 94 valence electrons. The Bertz CT molecular complexity index is 527. The van der Waals surface area contributed by atoms with E-state index in [4.69, 9.17) is 11.6 Å². The number of halogens is 1. The highest BCUT2D eigenvalue weighted by atomic mass is 35.5. The number of sulfonamides is 1. The highest BCUT2D eigenvalue weighted by molar-refractivity contribution is 7.92. The average Bonchev–Trinajstić information content (AvgIpc) is 2.30. The summed E-state index contributed by atoms with van der Waals surface area (Å²) < 4.78 is 29.7. The van der Waals surface area contributed by atoms with Crippen LogP contribution in [-0.2, 0) is 14.8 Å². The Morgan fingerprint density at radius 3 is 2.65 bits per heavy atom. The molecule has 0 aliphatic rings. The van der Waals surface area contributed by atoms with Crippen LogP contribution in [0.25, 0.3) is 0 Å². The number of hydrogen-bond acceptors (Lipinski definition) is 4. The van der Waals surface area contributed by atoms with Gasteiger partial charge in [0.2, 0.25) is 10.0 Å². The van der Waals surface area contributed by atoms with E-state index in [1.807, 2.05) is 0 Å². The lowest BCUT2D eigenvalue weighted by Crippen LogP contribution is -2.17. The second kappa shape index (κ2) is 5.37. The van der Waals surface area contributed by atoms with E-state index in [9.17, 15) is 13.2 Å². The van der Waals surface area contributed by atoms with Crippen LogP contribution in [0.15, 0.2) is 18.2 Å². The molecule has 17 heavy (non-hydrogen) atoms. The van der Waals surface area contributed by atoms with Gasteiger partial charge in [0.1, 0.15) is 0 Å². The highest BCUT2D eigenvalue weighted by Crippen LogP contribution is 2.22. The number of carbonyl (C=O) groups excluding carboxylic acids is 1. The Kier molecular flexibility index (Phi) is 4.36. The summed E-state index contributed by atoms with van der Waals surface area (Å²) >= 11 is 5.74. The van der Waals surface area contributed by atoms with Crippen LogP contribution in [0, 0.1) is 0 Å². The zero-order valence-electron chi connectivity index (χ0n) is 9.36. The summed E-state index contributed by atoms with van der Waals surface area (Å²) in [6, 6.07) is 4.25. The molecular weight excluding hydrogens is 266 g/mol. The lowest BCUT2D eigenvalue weighted by Gasteiger charge is -2.10. The molecular formula is C10H12ClNO4S. The quantitative estimate of drug-likeness (QED) is 0.853. The van der Waals surface area contributed by atoms with Gasteiger partial charge in [0.05, 0.1) is 24.1 Å². The zero-order chi connectivity index (χ0) is 13.1. The molecule has 1 aromatic rings. The Morgan fingerprint density at radius 1 is 1.47 bits per heavy atom. The van der Waals surface area contributed by atoms with Gasteiger partial charge in [-0.15, -0.1) is 0 Å². The molecule has 0 saturated heterocycles. The number of nitrogens with one attached hydrogen (secondary N) is 1. The first-order chi connectivity index (χ1) is 7.89. The van der Waals surface area contributed by atoms with Crippen molar-refractivity contribution in [2.24, 2.45) is 0 Å². The van der Waals surface area contributed by atoms with Gasteiger partial charge in [0, 0.05) is 5.02 Å². The number of methoxy groups -OCH3 is 1. The van der Waals surface area contributed by atoms with Gasteiger partial charge in [0.15, 0.2) is 0 Å². The molecule has 0 radical (unpaired) electrons. The summed E-state index contributed by atoms with van der Waals surface area (Å²) in [5.74, 6) is -0.739. The fourth-order valence-corrected chi connectivity index (χ4v) is 1.95. The van der Waals surface area contributed by atoms with Crippen LogP contribution >= 0.6 is 11.6 Å². The van der Waals surface area contributed by atoms with E-state index >= 15 is 0 Å². The lowest BCUT2D eigenvalue weighted by molar-refractivity contribution is 0.0602. The fourth-order valence-electron chi connectivity index (χ4n) is 1.12. The van der Waals surface area contributed by atoms with Crippen molar-refractivity contribution in [2.45, 2.75) is 6.92 Å². The minimum Gasteiger partial charge on any atom is -0.465 e. The van der Waals surface area contributed by atoms with Crippen LogP contribution in [0.3, 0.4) is 0 Å². The molecule has 0 amide bonds. The molecule has 0 bridgehead atoms. The van der Waals surface area contributed by atoms with E-state index in [1.54, 1.807) is 0 Å². The molecule has 0 saturated carbocycles. The molecule has 0 fully saturated rings. The van der Waals surface area contributed by atoms with E-state index in [2.05, 4.69) is 9.46 Å². The number of benzene rings is 1. The molecule has 0 aliphatic heterocycles. The molecule has 0 aliphatic carbocycles. The van der Waals surface area contributed by atoms with Crippen LogP contribution in [0.5, 0.6) is 0 Å². The van der Waals surface area contributed by atoms with E-state index < -0.39 is 16.0 Å². The molecule has 5 nitrogen and oxygen atoms in total. The molecule has 7 heteroatoms. The van der Waals surface area contributed by atoms with Gasteiger partial charge < -0.3 is 4.74 Å². The zero-order valence-corrected chi connectivity index (χ0v) is 10.9. The van der Waals surface area contributed by atoms with Crippen LogP contribution in [0.4, 0.5) is 5.69 Å². The second-order valence-corrected chi connectivity index (χ2v) is 5.63. The molecule has 0 unspecified atom stereocenters. The average molecular weight is 278 g/mol. The maximum Gasteiger partial charge on any atom is 0.340 e. The predicted octanol–water partition coefficient (Wildman–Crippen LogP) is 1.89. The van der Waals surface area contributed by atoms with Crippen molar-refractivity contribution in [3.63, 3.8) is 0 Å². The van der Waals surface area contributed by atoms with Gasteiger partial charge in [-0.1, -0.05) is 11.6 Å². The largest absolute Gasteiger partial charge is 0.465 e. The number of rotatable bonds is 4. The summed E-state index contributed by atoms with van der Waals surface area (Å²) in [5.41, 5.74) is 0.236. The van der Waals surface area contributed by atoms with E-state index in [0.717, 1.165) is 0 Å². The fraction of sp³-hybridized carbons (Fsp3) is 0.300. The molecule has 1 N–H and O–H groups in total. The first-order valence-electron chi connectivity index (χ1n) is 4.78. The van der Waals surface area contributed by atoms with Gasteiger partial charge in [-0.2, -0.15) is 0 Å². The van der Waals surface area contributed by atoms with Crippen molar-refractivity contribution in [3.05, 3.63) is 28.8 Å². The first kappa shape index (κ1) is 13.8. The summed E-state index contributed by atoms with van der Waals surface area (Å²) in [6.45, 7) is 1.50. The Balaban J connectivity index is 3.20. The van der Waals surface area contributed by atoms with Crippen LogP contribution < -0.4 is 4.72 Å². The molecule has 0 heterocycles. The predicted molar refractivity (Wildman–Crippen MR) is 65.9 cm³/mol. The van der Waals surface area contributed by atoms with Crippen molar-refractivity contribution < 1.29 is 17.9 Å². The summed E-state index contributed by atoms with van der Waals surface area (Å²) in [4.78, 5) is 11.4. The van der Waals surface area contributed by atoms with Crippen molar-refractivity contribution in [1.82, 2.24) is 0 Å². The van der Waals surface area contributed by atoms with Crippen LogP contribution in [-0.4, -0.2) is 27.2 Å². The van der Waals surface area contributed by atoms with E-state index in [1.165, 1.54) is 32.2 Å². The Labute approximate surface area is 105 Å². The monoisotopic (exact) mass is 277 g/mol. The van der Waals surface area contributed by atoms with Gasteiger partial charge in [0.25, 0.3) is 0 Å². The van der Waals surface area contributed by atoms with Gasteiger partial charge in [-0.05, 0) is 25.1 Å². The molecule has 0 aromatic heterocycles. The Hall–Kier alpha value is -1.27. The van der Waals surface area contributed by atoms with Crippen molar-refractivity contribution in [3.8, 4) is 0 Å². The molecule has 1 aromatic carbocycles. The minimum atomic E-state index is -3.45. The maximum atomic E-state index is 11.4. The molecule has 0 atom stereocenters. The van der Waals surface area contributed by atoms with Crippen LogP contribution in [0.1, 0.15) is 17.3 Å². The van der Waals surface area contributed by atoms with Crippen LogP contribution in [0.2, 0.25) is 5.02 Å². The number of carbonyl (C=O) groups is 1. The summed E-state index contributed by atoms with van der Waals surface area (Å²) in [5, 5.41) is 0.324. The van der Waals surface area contributed by atoms with Crippen molar-refractivity contribution in [2.75, 3.05) is 17.6 Å². The maximum absolute atomic E-state index is 11.4. The van der Waals surface area contributed by atoms with Crippen molar-refractivity contribution >= 4 is 33.3 Å². The molecule has 1 rings (SSSR count).